The summed E-state index contributed by atoms with van der Waals surface area (Å²) < 4.78 is 39.6. The van der Waals surface area contributed by atoms with Crippen molar-refractivity contribution >= 4 is 27.3 Å². The fourth-order valence-electron chi connectivity index (χ4n) is 3.38. The maximum absolute atomic E-state index is 12.9. The Morgan fingerprint density at radius 3 is 2.47 bits per heavy atom. The molecule has 0 saturated heterocycles. The van der Waals surface area contributed by atoms with Crippen molar-refractivity contribution in [2.75, 3.05) is 23.3 Å². The van der Waals surface area contributed by atoms with Gasteiger partial charge in [0.2, 0.25) is 0 Å². The van der Waals surface area contributed by atoms with Gasteiger partial charge in [0.25, 0.3) is 15.9 Å². The van der Waals surface area contributed by atoms with E-state index in [0.29, 0.717) is 47.2 Å². The first-order chi connectivity index (χ1) is 15.3. The minimum absolute atomic E-state index is 0.208. The summed E-state index contributed by atoms with van der Waals surface area (Å²) in [4.78, 5) is 13.0. The third-order valence-corrected chi connectivity index (χ3v) is 6.54. The number of rotatable bonds is 5. The molecule has 8 heteroatoms. The van der Waals surface area contributed by atoms with E-state index in [1.807, 2.05) is 13.0 Å². The van der Waals surface area contributed by atoms with E-state index in [1.54, 1.807) is 55.5 Å². The number of sulfonamides is 1. The Labute approximate surface area is 187 Å². The number of fused-ring (bicyclic) bond motifs is 1. The highest BCUT2D eigenvalue weighted by molar-refractivity contribution is 7.92. The lowest BCUT2D eigenvalue weighted by Gasteiger charge is -2.13. The van der Waals surface area contributed by atoms with Crippen molar-refractivity contribution in [1.29, 1.82) is 0 Å². The van der Waals surface area contributed by atoms with Crippen molar-refractivity contribution in [3.05, 3.63) is 77.4 Å². The minimum Gasteiger partial charge on any atom is -0.490 e. The van der Waals surface area contributed by atoms with Crippen LogP contribution in [-0.2, 0) is 10.0 Å². The monoisotopic (exact) mass is 452 g/mol. The third-order valence-electron chi connectivity index (χ3n) is 5.02. The molecule has 1 aliphatic rings. The fourth-order valence-corrected chi connectivity index (χ4v) is 4.76. The predicted molar refractivity (Wildman–Crippen MR) is 123 cm³/mol. The normalized spacial score (nSPS) is 13.2. The van der Waals surface area contributed by atoms with Crippen LogP contribution in [0.2, 0.25) is 0 Å². The Morgan fingerprint density at radius 2 is 1.66 bits per heavy atom. The molecular formula is C24H24N2O5S. The van der Waals surface area contributed by atoms with Crippen molar-refractivity contribution in [3.63, 3.8) is 0 Å². The zero-order valence-corrected chi connectivity index (χ0v) is 18.7. The molecule has 1 aliphatic heterocycles. The molecule has 0 unspecified atom stereocenters. The van der Waals surface area contributed by atoms with Gasteiger partial charge in [-0.05, 0) is 61.4 Å². The van der Waals surface area contributed by atoms with Crippen LogP contribution in [0.5, 0.6) is 11.5 Å². The first kappa shape index (κ1) is 21.7. The Morgan fingerprint density at radius 1 is 0.875 bits per heavy atom. The predicted octanol–water partition coefficient (Wildman–Crippen LogP) is 4.52. The molecule has 32 heavy (non-hydrogen) atoms. The molecule has 3 aromatic carbocycles. The number of carbonyl (C=O) groups excluding carboxylic acids is 1. The van der Waals surface area contributed by atoms with E-state index in [2.05, 4.69) is 10.0 Å². The number of aryl methyl sites for hydroxylation is 2. The van der Waals surface area contributed by atoms with E-state index in [1.165, 1.54) is 6.07 Å². The van der Waals surface area contributed by atoms with E-state index in [9.17, 15) is 13.2 Å². The number of carbonyl (C=O) groups is 1. The van der Waals surface area contributed by atoms with Gasteiger partial charge in [0.1, 0.15) is 0 Å². The standard InChI is InChI=1S/C24H24N2O5S/c1-16-7-8-17(2)23(13-16)32(28,29)26-20-6-3-5-18(14-20)24(27)25-19-9-10-21-22(15-19)31-12-4-11-30-21/h3,5-10,13-15,26H,4,11-12H2,1-2H3,(H,25,27). The number of benzene rings is 3. The summed E-state index contributed by atoms with van der Waals surface area (Å²) >= 11 is 0. The van der Waals surface area contributed by atoms with E-state index < -0.39 is 10.0 Å². The van der Waals surface area contributed by atoms with Crippen molar-refractivity contribution in [2.24, 2.45) is 0 Å². The van der Waals surface area contributed by atoms with E-state index in [0.717, 1.165) is 12.0 Å². The zero-order chi connectivity index (χ0) is 22.7. The quantitative estimate of drug-likeness (QED) is 0.594. The average molecular weight is 453 g/mol. The fraction of sp³-hybridized carbons (Fsp3) is 0.208. The van der Waals surface area contributed by atoms with Gasteiger partial charge in [-0.3, -0.25) is 9.52 Å². The first-order valence-corrected chi connectivity index (χ1v) is 11.7. The Bertz CT molecular complexity index is 1270. The second-order valence-electron chi connectivity index (χ2n) is 7.62. The number of anilines is 2. The summed E-state index contributed by atoms with van der Waals surface area (Å²) in [6.45, 7) is 4.71. The summed E-state index contributed by atoms with van der Waals surface area (Å²) in [5.41, 5.74) is 2.67. The lowest BCUT2D eigenvalue weighted by atomic mass is 10.2. The molecule has 7 nitrogen and oxygen atoms in total. The maximum atomic E-state index is 12.9. The Kier molecular flexibility index (Phi) is 6.05. The van der Waals surface area contributed by atoms with Crippen LogP contribution in [0.25, 0.3) is 0 Å². The van der Waals surface area contributed by atoms with Gasteiger partial charge in [0.15, 0.2) is 11.5 Å². The topological polar surface area (TPSA) is 93.7 Å². The highest BCUT2D eigenvalue weighted by Gasteiger charge is 2.18. The van der Waals surface area contributed by atoms with Gasteiger partial charge in [0.05, 0.1) is 18.1 Å². The van der Waals surface area contributed by atoms with Crippen LogP contribution in [0, 0.1) is 13.8 Å². The molecule has 3 aromatic rings. The van der Waals surface area contributed by atoms with Crippen LogP contribution in [-0.4, -0.2) is 27.5 Å². The van der Waals surface area contributed by atoms with Gasteiger partial charge in [-0.25, -0.2) is 8.42 Å². The van der Waals surface area contributed by atoms with Crippen LogP contribution in [0.3, 0.4) is 0 Å². The van der Waals surface area contributed by atoms with Gasteiger partial charge in [-0.2, -0.15) is 0 Å². The minimum atomic E-state index is -3.79. The second-order valence-corrected chi connectivity index (χ2v) is 9.27. The van der Waals surface area contributed by atoms with E-state index in [4.69, 9.17) is 9.47 Å². The number of amides is 1. The third kappa shape index (κ3) is 4.86. The molecule has 1 amide bonds. The maximum Gasteiger partial charge on any atom is 0.262 e. The van der Waals surface area contributed by atoms with Crippen molar-refractivity contribution in [3.8, 4) is 11.5 Å². The highest BCUT2D eigenvalue weighted by atomic mass is 32.2. The summed E-state index contributed by atoms with van der Waals surface area (Å²) in [7, 11) is -3.79. The van der Waals surface area contributed by atoms with Gasteiger partial charge in [-0.1, -0.05) is 18.2 Å². The summed E-state index contributed by atoms with van der Waals surface area (Å²) in [6, 6.07) is 16.8. The molecule has 166 valence electrons. The highest BCUT2D eigenvalue weighted by Crippen LogP contribution is 2.32. The molecule has 4 rings (SSSR count). The van der Waals surface area contributed by atoms with Crippen LogP contribution >= 0.6 is 0 Å². The summed E-state index contributed by atoms with van der Waals surface area (Å²) in [5.74, 6) is 0.853. The van der Waals surface area contributed by atoms with Crippen molar-refractivity contribution < 1.29 is 22.7 Å². The van der Waals surface area contributed by atoms with Crippen LogP contribution in [0.15, 0.2) is 65.6 Å². The molecule has 0 atom stereocenters. The molecule has 0 radical (unpaired) electrons. The van der Waals surface area contributed by atoms with Gasteiger partial charge >= 0.3 is 0 Å². The summed E-state index contributed by atoms with van der Waals surface area (Å²) in [5, 5.41) is 2.82. The van der Waals surface area contributed by atoms with E-state index >= 15 is 0 Å². The average Bonchev–Trinajstić information content (AvgIpc) is 3.00. The lowest BCUT2D eigenvalue weighted by molar-refractivity contribution is 0.102. The molecular weight excluding hydrogens is 428 g/mol. The first-order valence-electron chi connectivity index (χ1n) is 10.2. The SMILES string of the molecule is Cc1ccc(C)c(S(=O)(=O)Nc2cccc(C(=O)Nc3ccc4c(c3)OCCCO4)c2)c1. The molecule has 0 saturated carbocycles. The number of hydrogen-bond acceptors (Lipinski definition) is 5. The van der Waals surface area contributed by atoms with Gasteiger partial charge in [-0.15, -0.1) is 0 Å². The van der Waals surface area contributed by atoms with Crippen LogP contribution < -0.4 is 19.5 Å². The zero-order valence-electron chi connectivity index (χ0n) is 17.8. The van der Waals surface area contributed by atoms with E-state index in [-0.39, 0.29) is 10.8 Å². The Balaban J connectivity index is 1.52. The van der Waals surface area contributed by atoms with Gasteiger partial charge < -0.3 is 14.8 Å². The van der Waals surface area contributed by atoms with Crippen molar-refractivity contribution in [1.82, 2.24) is 0 Å². The van der Waals surface area contributed by atoms with Crippen LogP contribution in [0.1, 0.15) is 27.9 Å². The molecule has 0 bridgehead atoms. The number of hydrogen-bond donors (Lipinski definition) is 2. The molecule has 0 aliphatic carbocycles. The van der Waals surface area contributed by atoms with Crippen molar-refractivity contribution in [2.45, 2.75) is 25.2 Å². The largest absolute Gasteiger partial charge is 0.490 e. The molecule has 2 N–H and O–H groups in total. The van der Waals surface area contributed by atoms with Gasteiger partial charge in [0, 0.05) is 29.4 Å². The summed E-state index contributed by atoms with van der Waals surface area (Å²) in [6.07, 6.45) is 0.793. The molecule has 1 heterocycles. The molecule has 0 spiro atoms. The lowest BCUT2D eigenvalue weighted by Crippen LogP contribution is -2.16. The molecule has 0 aromatic heterocycles. The molecule has 0 fully saturated rings. The Hall–Kier alpha value is -3.52. The second kappa shape index (κ2) is 8.92. The number of nitrogens with one attached hydrogen (secondary N) is 2. The smallest absolute Gasteiger partial charge is 0.262 e. The number of ether oxygens (including phenoxy) is 2. The van der Waals surface area contributed by atoms with Crippen LogP contribution in [0.4, 0.5) is 11.4 Å².